The molecule has 2 fully saturated rings. The van der Waals surface area contributed by atoms with Crippen molar-refractivity contribution in [3.05, 3.63) is 70.2 Å². The number of esters is 1. The first kappa shape index (κ1) is 19.9. The van der Waals surface area contributed by atoms with Crippen molar-refractivity contribution in [2.45, 2.75) is 24.6 Å². The van der Waals surface area contributed by atoms with E-state index in [2.05, 4.69) is 15.0 Å². The van der Waals surface area contributed by atoms with Gasteiger partial charge in [-0.15, -0.1) is 0 Å². The molecule has 0 aromatic heterocycles. The van der Waals surface area contributed by atoms with E-state index < -0.39 is 5.97 Å². The van der Waals surface area contributed by atoms with Crippen molar-refractivity contribution < 1.29 is 19.1 Å². The molecule has 2 heterocycles. The highest BCUT2D eigenvalue weighted by molar-refractivity contribution is 6.30. The first-order valence-corrected chi connectivity index (χ1v) is 10.0. The Bertz CT molecular complexity index is 885. The summed E-state index contributed by atoms with van der Waals surface area (Å²) in [5.74, 6) is -0.554. The van der Waals surface area contributed by atoms with E-state index >= 15 is 0 Å². The third-order valence-electron chi connectivity index (χ3n) is 5.56. The lowest BCUT2D eigenvalue weighted by atomic mass is 10.1. The van der Waals surface area contributed by atoms with Crippen molar-refractivity contribution in [3.8, 4) is 0 Å². The van der Waals surface area contributed by atoms with E-state index in [1.807, 2.05) is 24.3 Å². The van der Waals surface area contributed by atoms with Gasteiger partial charge in [-0.1, -0.05) is 23.7 Å². The molecule has 0 spiro atoms. The topological polar surface area (TPSA) is 67.9 Å². The summed E-state index contributed by atoms with van der Waals surface area (Å²) in [5, 5.41) is 3.82. The molecule has 29 heavy (non-hydrogen) atoms. The van der Waals surface area contributed by atoms with Gasteiger partial charge >= 0.3 is 5.97 Å². The van der Waals surface area contributed by atoms with E-state index in [-0.39, 0.29) is 18.1 Å². The second-order valence-electron chi connectivity index (χ2n) is 7.46. The average Bonchev–Trinajstić information content (AvgIpc) is 3.15. The second kappa shape index (κ2) is 8.53. The van der Waals surface area contributed by atoms with Crippen molar-refractivity contribution in [3.63, 3.8) is 0 Å². The highest BCUT2D eigenvalue weighted by Gasteiger charge is 2.38. The minimum absolute atomic E-state index is 0.0174. The molecule has 0 radical (unpaired) electrons. The molecule has 0 saturated carbocycles. The summed E-state index contributed by atoms with van der Waals surface area (Å²) < 4.78 is 10.7. The van der Waals surface area contributed by atoms with Crippen molar-refractivity contribution in [2.75, 3.05) is 26.8 Å². The molecule has 0 aliphatic carbocycles. The quantitative estimate of drug-likeness (QED) is 0.779. The fourth-order valence-corrected chi connectivity index (χ4v) is 4.13. The zero-order valence-corrected chi connectivity index (χ0v) is 16.9. The maximum absolute atomic E-state index is 12.6. The minimum atomic E-state index is -0.417. The molecule has 7 heteroatoms. The van der Waals surface area contributed by atoms with E-state index in [0.29, 0.717) is 28.8 Å². The predicted molar refractivity (Wildman–Crippen MR) is 109 cm³/mol. The molecule has 2 aromatic carbocycles. The van der Waals surface area contributed by atoms with E-state index in [4.69, 9.17) is 16.3 Å². The number of nitrogens with one attached hydrogen (secondary N) is 1. The number of methoxy groups -OCH3 is 1. The van der Waals surface area contributed by atoms with Crippen LogP contribution >= 0.6 is 11.6 Å². The van der Waals surface area contributed by atoms with Gasteiger partial charge in [-0.3, -0.25) is 9.69 Å². The summed E-state index contributed by atoms with van der Waals surface area (Å²) >= 11 is 5.97. The number of nitrogens with zero attached hydrogens (tertiary/aromatic N) is 1. The summed E-state index contributed by atoms with van der Waals surface area (Å²) in [7, 11) is 1.33. The van der Waals surface area contributed by atoms with Gasteiger partial charge < -0.3 is 14.8 Å². The Hall–Kier alpha value is -2.41. The number of rotatable bonds is 4. The standard InChI is InChI=1S/C22H23ClN2O4/c1-28-22(27)16-4-2-15(3-5-16)21(26)24-18-10-19-13-29-20(12-25(19)11-18)14-6-8-17(23)9-7-14/h2-9,18-20H,10-13H2,1H3,(H,24,26)/t18-,19-,20+/m0/s1. The first-order valence-electron chi connectivity index (χ1n) is 9.64. The summed E-state index contributed by atoms with van der Waals surface area (Å²) in [6.07, 6.45) is 0.878. The molecule has 6 nitrogen and oxygen atoms in total. The normalized spacial score (nSPS) is 24.0. The van der Waals surface area contributed by atoms with Gasteiger partial charge in [0.15, 0.2) is 0 Å². The average molecular weight is 415 g/mol. The summed E-state index contributed by atoms with van der Waals surface area (Å²) in [6.45, 7) is 2.24. The van der Waals surface area contributed by atoms with Crippen LogP contribution in [0.15, 0.2) is 48.5 Å². The maximum Gasteiger partial charge on any atom is 0.337 e. The van der Waals surface area contributed by atoms with Crippen molar-refractivity contribution in [2.24, 2.45) is 0 Å². The minimum Gasteiger partial charge on any atom is -0.465 e. The van der Waals surface area contributed by atoms with Crippen LogP contribution in [-0.2, 0) is 9.47 Å². The number of carbonyl (C=O) groups is 2. The number of morpholine rings is 1. The van der Waals surface area contributed by atoms with Crippen LogP contribution in [0.25, 0.3) is 0 Å². The van der Waals surface area contributed by atoms with Gasteiger partial charge in [-0.05, 0) is 48.4 Å². The molecule has 2 aliphatic heterocycles. The van der Waals surface area contributed by atoms with Gasteiger partial charge in [-0.25, -0.2) is 4.79 Å². The van der Waals surface area contributed by atoms with Crippen molar-refractivity contribution in [1.29, 1.82) is 0 Å². The Morgan fingerprint density at radius 3 is 2.45 bits per heavy atom. The monoisotopic (exact) mass is 414 g/mol. The Morgan fingerprint density at radius 2 is 1.76 bits per heavy atom. The molecule has 2 saturated heterocycles. The van der Waals surface area contributed by atoms with Crippen LogP contribution in [0.2, 0.25) is 5.02 Å². The van der Waals surface area contributed by atoms with E-state index in [1.54, 1.807) is 24.3 Å². The molecule has 2 aliphatic rings. The van der Waals surface area contributed by atoms with Gasteiger partial charge in [0.05, 0.1) is 25.4 Å². The zero-order valence-electron chi connectivity index (χ0n) is 16.1. The molecule has 0 unspecified atom stereocenters. The Balaban J connectivity index is 1.34. The molecule has 1 N–H and O–H groups in total. The summed E-state index contributed by atoms with van der Waals surface area (Å²) in [4.78, 5) is 26.5. The molecule has 2 aromatic rings. The van der Waals surface area contributed by atoms with E-state index in [9.17, 15) is 9.59 Å². The number of halogens is 1. The van der Waals surface area contributed by atoms with E-state index in [0.717, 1.165) is 25.1 Å². The van der Waals surface area contributed by atoms with Crippen molar-refractivity contribution >= 4 is 23.5 Å². The lowest BCUT2D eigenvalue weighted by Gasteiger charge is -2.35. The van der Waals surface area contributed by atoms with Gasteiger partial charge in [0.2, 0.25) is 0 Å². The van der Waals surface area contributed by atoms with Crippen LogP contribution in [-0.4, -0.2) is 55.7 Å². The van der Waals surface area contributed by atoms with Crippen LogP contribution in [0.5, 0.6) is 0 Å². The van der Waals surface area contributed by atoms with Gasteiger partial charge in [0.1, 0.15) is 0 Å². The third-order valence-corrected chi connectivity index (χ3v) is 5.82. The molecular weight excluding hydrogens is 392 g/mol. The second-order valence-corrected chi connectivity index (χ2v) is 7.89. The Kier molecular flexibility index (Phi) is 5.85. The predicted octanol–water partition coefficient (Wildman–Crippen LogP) is 3.07. The van der Waals surface area contributed by atoms with Crippen LogP contribution in [0, 0.1) is 0 Å². The lowest BCUT2D eigenvalue weighted by Crippen LogP contribution is -2.43. The molecule has 0 bridgehead atoms. The molecule has 3 atom stereocenters. The fraction of sp³-hybridized carbons (Fsp3) is 0.364. The molecular formula is C22H23ClN2O4. The van der Waals surface area contributed by atoms with Crippen LogP contribution in [0.3, 0.4) is 0 Å². The number of hydrogen-bond donors (Lipinski definition) is 1. The SMILES string of the molecule is COC(=O)c1ccc(C(=O)N[C@H]2C[C@H]3CO[C@@H](c4ccc(Cl)cc4)CN3C2)cc1. The number of ether oxygens (including phenoxy) is 2. The maximum atomic E-state index is 12.6. The Morgan fingerprint density at radius 1 is 1.07 bits per heavy atom. The Labute approximate surface area is 174 Å². The molecule has 1 amide bonds. The van der Waals surface area contributed by atoms with Crippen LogP contribution in [0.4, 0.5) is 0 Å². The van der Waals surface area contributed by atoms with Gasteiger partial charge in [0.25, 0.3) is 5.91 Å². The smallest absolute Gasteiger partial charge is 0.337 e. The third kappa shape index (κ3) is 4.45. The fourth-order valence-electron chi connectivity index (χ4n) is 4.00. The lowest BCUT2D eigenvalue weighted by molar-refractivity contribution is -0.0502. The molecule has 4 rings (SSSR count). The number of carbonyl (C=O) groups excluding carboxylic acids is 2. The molecule has 152 valence electrons. The van der Waals surface area contributed by atoms with E-state index in [1.165, 1.54) is 7.11 Å². The number of fused-ring (bicyclic) bond motifs is 1. The highest BCUT2D eigenvalue weighted by Crippen LogP contribution is 2.31. The zero-order chi connectivity index (χ0) is 20.4. The summed E-state index contributed by atoms with van der Waals surface area (Å²) in [6, 6.07) is 14.6. The largest absolute Gasteiger partial charge is 0.465 e. The van der Waals surface area contributed by atoms with Gasteiger partial charge in [0, 0.05) is 35.8 Å². The first-order chi connectivity index (χ1) is 14.0. The number of amides is 1. The number of benzene rings is 2. The van der Waals surface area contributed by atoms with Crippen LogP contribution < -0.4 is 5.32 Å². The highest BCUT2D eigenvalue weighted by atomic mass is 35.5. The number of hydrogen-bond acceptors (Lipinski definition) is 5. The van der Waals surface area contributed by atoms with Crippen molar-refractivity contribution in [1.82, 2.24) is 10.2 Å². The van der Waals surface area contributed by atoms with Gasteiger partial charge in [-0.2, -0.15) is 0 Å². The van der Waals surface area contributed by atoms with Crippen LogP contribution in [0.1, 0.15) is 38.8 Å². The summed E-state index contributed by atoms with van der Waals surface area (Å²) in [5.41, 5.74) is 2.07.